The molecular formula is C20H21FN2O3S. The fourth-order valence-electron chi connectivity index (χ4n) is 3.91. The van der Waals surface area contributed by atoms with Crippen molar-refractivity contribution in [3.8, 4) is 0 Å². The van der Waals surface area contributed by atoms with Gasteiger partial charge in [0.15, 0.2) is 0 Å². The second-order valence-electron chi connectivity index (χ2n) is 7.01. The first-order chi connectivity index (χ1) is 13.0. The number of carbonyl (C=O) groups excluding carboxylic acids is 1. The van der Waals surface area contributed by atoms with Gasteiger partial charge in [0.1, 0.15) is 11.9 Å². The molecule has 0 bridgehead atoms. The summed E-state index contributed by atoms with van der Waals surface area (Å²) in [6.45, 7) is 1.41. The maximum absolute atomic E-state index is 13.2. The monoisotopic (exact) mass is 388 g/mol. The summed E-state index contributed by atoms with van der Waals surface area (Å²) in [5.41, 5.74) is 2.35. The van der Waals surface area contributed by atoms with Crippen molar-refractivity contribution in [1.29, 1.82) is 0 Å². The SMILES string of the molecule is O=C(C1CCCN1S(=O)(=O)c1ccc(F)cc1)N1CCc2ccccc2C1. The van der Waals surface area contributed by atoms with Crippen molar-refractivity contribution in [2.24, 2.45) is 0 Å². The molecular weight excluding hydrogens is 367 g/mol. The smallest absolute Gasteiger partial charge is 0.243 e. The van der Waals surface area contributed by atoms with Crippen LogP contribution in [0.25, 0.3) is 0 Å². The Bertz CT molecular complexity index is 959. The van der Waals surface area contributed by atoms with Gasteiger partial charge >= 0.3 is 0 Å². The number of hydrogen-bond acceptors (Lipinski definition) is 3. The molecule has 4 rings (SSSR count). The van der Waals surface area contributed by atoms with Crippen LogP contribution in [0, 0.1) is 5.82 Å². The predicted molar refractivity (Wildman–Crippen MR) is 98.9 cm³/mol. The molecule has 2 aromatic carbocycles. The highest BCUT2D eigenvalue weighted by Gasteiger charge is 2.41. The van der Waals surface area contributed by atoms with E-state index in [1.54, 1.807) is 4.90 Å². The summed E-state index contributed by atoms with van der Waals surface area (Å²) >= 11 is 0. The summed E-state index contributed by atoms with van der Waals surface area (Å²) in [6.07, 6.45) is 1.93. The Hall–Kier alpha value is -2.25. The molecule has 0 saturated carbocycles. The number of fused-ring (bicyclic) bond motifs is 1. The molecule has 2 heterocycles. The first-order valence-corrected chi connectivity index (χ1v) is 10.5. The summed E-state index contributed by atoms with van der Waals surface area (Å²) in [6, 6.07) is 12.1. The molecule has 2 aliphatic rings. The number of halogens is 1. The van der Waals surface area contributed by atoms with E-state index in [2.05, 4.69) is 6.07 Å². The second-order valence-corrected chi connectivity index (χ2v) is 8.90. The van der Waals surface area contributed by atoms with E-state index in [0.717, 1.165) is 24.1 Å². The van der Waals surface area contributed by atoms with Gasteiger partial charge in [-0.25, -0.2) is 12.8 Å². The van der Waals surface area contributed by atoms with Crippen LogP contribution in [0.4, 0.5) is 4.39 Å². The molecule has 1 atom stereocenters. The minimum atomic E-state index is -3.83. The van der Waals surface area contributed by atoms with Crippen molar-refractivity contribution in [2.45, 2.75) is 36.7 Å². The van der Waals surface area contributed by atoms with Crippen LogP contribution in [0.15, 0.2) is 53.4 Å². The average molecular weight is 388 g/mol. The summed E-state index contributed by atoms with van der Waals surface area (Å²) < 4.78 is 40.4. The molecule has 2 aromatic rings. The molecule has 142 valence electrons. The Morgan fingerprint density at radius 3 is 2.44 bits per heavy atom. The molecule has 0 spiro atoms. The van der Waals surface area contributed by atoms with Crippen molar-refractivity contribution in [1.82, 2.24) is 9.21 Å². The summed E-state index contributed by atoms with van der Waals surface area (Å²) in [5, 5.41) is 0. The Kier molecular flexibility index (Phi) is 4.74. The zero-order chi connectivity index (χ0) is 19.0. The van der Waals surface area contributed by atoms with E-state index >= 15 is 0 Å². The molecule has 0 N–H and O–H groups in total. The van der Waals surface area contributed by atoms with E-state index in [4.69, 9.17) is 0 Å². The number of amides is 1. The molecule has 1 amide bonds. The number of hydrogen-bond donors (Lipinski definition) is 0. The summed E-state index contributed by atoms with van der Waals surface area (Å²) in [4.78, 5) is 14.9. The lowest BCUT2D eigenvalue weighted by molar-refractivity contribution is -0.135. The van der Waals surface area contributed by atoms with Gasteiger partial charge in [-0.05, 0) is 54.7 Å². The lowest BCUT2D eigenvalue weighted by Crippen LogP contribution is -2.49. The van der Waals surface area contributed by atoms with Gasteiger partial charge in [-0.3, -0.25) is 4.79 Å². The highest BCUT2D eigenvalue weighted by molar-refractivity contribution is 7.89. The van der Waals surface area contributed by atoms with Crippen LogP contribution < -0.4 is 0 Å². The van der Waals surface area contributed by atoms with E-state index in [1.165, 1.54) is 22.0 Å². The molecule has 2 aliphatic heterocycles. The highest BCUT2D eigenvalue weighted by atomic mass is 32.2. The third kappa shape index (κ3) is 3.37. The third-order valence-electron chi connectivity index (χ3n) is 5.35. The Balaban J connectivity index is 1.56. The Labute approximate surface area is 158 Å². The number of nitrogens with zero attached hydrogens (tertiary/aromatic N) is 2. The molecule has 27 heavy (non-hydrogen) atoms. The van der Waals surface area contributed by atoms with Crippen molar-refractivity contribution in [2.75, 3.05) is 13.1 Å². The van der Waals surface area contributed by atoms with Gasteiger partial charge < -0.3 is 4.90 Å². The zero-order valence-electron chi connectivity index (χ0n) is 14.8. The maximum atomic E-state index is 13.2. The van der Waals surface area contributed by atoms with Crippen molar-refractivity contribution >= 4 is 15.9 Å². The standard InChI is InChI=1S/C20H21FN2O3S/c21-17-7-9-18(10-8-17)27(25,26)23-12-3-6-19(23)20(24)22-13-11-15-4-1-2-5-16(15)14-22/h1-2,4-5,7-10,19H,3,6,11-14H2. The minimum absolute atomic E-state index is 0.0209. The molecule has 0 aliphatic carbocycles. The lowest BCUT2D eigenvalue weighted by atomic mass is 9.99. The van der Waals surface area contributed by atoms with E-state index in [9.17, 15) is 17.6 Å². The second kappa shape index (κ2) is 7.05. The van der Waals surface area contributed by atoms with Gasteiger partial charge in [0.05, 0.1) is 4.90 Å². The van der Waals surface area contributed by atoms with Crippen LogP contribution in [0.5, 0.6) is 0 Å². The van der Waals surface area contributed by atoms with Gasteiger partial charge in [0.2, 0.25) is 15.9 Å². The molecule has 0 aromatic heterocycles. The topological polar surface area (TPSA) is 57.7 Å². The van der Waals surface area contributed by atoms with Crippen LogP contribution in [0.3, 0.4) is 0 Å². The van der Waals surface area contributed by atoms with Crippen LogP contribution in [-0.2, 0) is 27.8 Å². The first kappa shape index (κ1) is 18.1. The number of rotatable bonds is 3. The van der Waals surface area contributed by atoms with Crippen LogP contribution in [0.1, 0.15) is 24.0 Å². The van der Waals surface area contributed by atoms with Crippen molar-refractivity contribution in [3.63, 3.8) is 0 Å². The van der Waals surface area contributed by atoms with E-state index in [1.807, 2.05) is 18.2 Å². The Morgan fingerprint density at radius 1 is 1.00 bits per heavy atom. The minimum Gasteiger partial charge on any atom is -0.337 e. The van der Waals surface area contributed by atoms with E-state index in [-0.39, 0.29) is 10.8 Å². The maximum Gasteiger partial charge on any atom is 0.243 e. The largest absolute Gasteiger partial charge is 0.337 e. The van der Waals surface area contributed by atoms with Crippen molar-refractivity contribution in [3.05, 3.63) is 65.5 Å². The van der Waals surface area contributed by atoms with Crippen LogP contribution in [-0.4, -0.2) is 42.7 Å². The summed E-state index contributed by atoms with van der Waals surface area (Å²) in [7, 11) is -3.83. The van der Waals surface area contributed by atoms with Gasteiger partial charge in [0, 0.05) is 19.6 Å². The first-order valence-electron chi connectivity index (χ1n) is 9.10. The van der Waals surface area contributed by atoms with E-state index in [0.29, 0.717) is 32.5 Å². The van der Waals surface area contributed by atoms with Crippen LogP contribution in [0.2, 0.25) is 0 Å². The van der Waals surface area contributed by atoms with Gasteiger partial charge in [-0.15, -0.1) is 0 Å². The fourth-order valence-corrected chi connectivity index (χ4v) is 5.56. The zero-order valence-corrected chi connectivity index (χ0v) is 15.7. The predicted octanol–water partition coefficient (Wildman–Crippen LogP) is 2.56. The number of sulfonamides is 1. The van der Waals surface area contributed by atoms with Gasteiger partial charge in [-0.1, -0.05) is 24.3 Å². The quantitative estimate of drug-likeness (QED) is 0.812. The summed E-state index contributed by atoms with van der Waals surface area (Å²) in [5.74, 6) is -0.636. The number of carbonyl (C=O) groups is 1. The fraction of sp³-hybridized carbons (Fsp3) is 0.350. The normalized spacial score (nSPS) is 20.5. The number of benzene rings is 2. The van der Waals surface area contributed by atoms with E-state index < -0.39 is 21.9 Å². The molecule has 0 radical (unpaired) electrons. The highest BCUT2D eigenvalue weighted by Crippen LogP contribution is 2.29. The molecule has 1 saturated heterocycles. The molecule has 1 unspecified atom stereocenters. The molecule has 5 nitrogen and oxygen atoms in total. The van der Waals surface area contributed by atoms with Crippen molar-refractivity contribution < 1.29 is 17.6 Å². The molecule has 1 fully saturated rings. The van der Waals surface area contributed by atoms with Gasteiger partial charge in [-0.2, -0.15) is 4.31 Å². The average Bonchev–Trinajstić information content (AvgIpc) is 3.18. The lowest BCUT2D eigenvalue weighted by Gasteiger charge is -2.33. The third-order valence-corrected chi connectivity index (χ3v) is 7.27. The molecule has 7 heteroatoms. The van der Waals surface area contributed by atoms with Crippen LogP contribution >= 0.6 is 0 Å². The Morgan fingerprint density at radius 2 is 1.70 bits per heavy atom. The van der Waals surface area contributed by atoms with Gasteiger partial charge in [0.25, 0.3) is 0 Å².